The number of amides is 2. The Bertz CT molecular complexity index is 883. The van der Waals surface area contributed by atoms with Crippen molar-refractivity contribution in [3.63, 3.8) is 0 Å². The van der Waals surface area contributed by atoms with Crippen LogP contribution in [0.2, 0.25) is 5.02 Å². The van der Waals surface area contributed by atoms with E-state index in [1.54, 1.807) is 12.1 Å². The Labute approximate surface area is 158 Å². The lowest BCUT2D eigenvalue weighted by Crippen LogP contribution is -2.48. The van der Waals surface area contributed by atoms with Crippen LogP contribution in [0.5, 0.6) is 0 Å². The minimum atomic E-state index is -3.70. The monoisotopic (exact) mass is 393 g/mol. The second-order valence-corrected chi connectivity index (χ2v) is 8.52. The summed E-state index contributed by atoms with van der Waals surface area (Å²) in [5.74, 6) is 0. The molecule has 6 nitrogen and oxygen atoms in total. The summed E-state index contributed by atoms with van der Waals surface area (Å²) in [5, 5.41) is 5.95. The fraction of sp³-hybridized carbons (Fsp3) is 0.278. The van der Waals surface area contributed by atoms with Gasteiger partial charge >= 0.3 is 6.03 Å². The van der Waals surface area contributed by atoms with Crippen LogP contribution in [0.25, 0.3) is 0 Å². The predicted molar refractivity (Wildman–Crippen MR) is 102 cm³/mol. The fourth-order valence-corrected chi connectivity index (χ4v) is 4.61. The van der Waals surface area contributed by atoms with Crippen LogP contribution in [-0.4, -0.2) is 31.5 Å². The van der Waals surface area contributed by atoms with Crippen molar-refractivity contribution in [1.29, 1.82) is 0 Å². The zero-order chi connectivity index (χ0) is 18.7. The van der Waals surface area contributed by atoms with E-state index in [1.807, 2.05) is 19.1 Å². The molecule has 3 rings (SSSR count). The second kappa shape index (κ2) is 7.65. The molecule has 2 N–H and O–H groups in total. The molecular formula is C18H20ClN3O3S. The molecule has 0 unspecified atom stereocenters. The van der Waals surface area contributed by atoms with Crippen LogP contribution in [0, 0.1) is 6.92 Å². The van der Waals surface area contributed by atoms with Crippen LogP contribution >= 0.6 is 11.6 Å². The molecule has 0 aromatic heterocycles. The molecule has 1 heterocycles. The molecule has 138 valence electrons. The smallest absolute Gasteiger partial charge is 0.320 e. The van der Waals surface area contributed by atoms with Crippen molar-refractivity contribution in [2.24, 2.45) is 0 Å². The van der Waals surface area contributed by atoms with Crippen molar-refractivity contribution in [2.75, 3.05) is 11.9 Å². The van der Waals surface area contributed by atoms with Crippen molar-refractivity contribution in [2.45, 2.75) is 30.8 Å². The molecular weight excluding hydrogens is 374 g/mol. The highest BCUT2D eigenvalue weighted by Gasteiger charge is 2.36. The molecule has 8 heteroatoms. The zero-order valence-electron chi connectivity index (χ0n) is 14.3. The highest BCUT2D eigenvalue weighted by atomic mass is 35.5. The maximum atomic E-state index is 12.8. The lowest BCUT2D eigenvalue weighted by molar-refractivity contribution is 0.240. The lowest BCUT2D eigenvalue weighted by atomic mass is 10.2. The Morgan fingerprint density at radius 2 is 1.77 bits per heavy atom. The van der Waals surface area contributed by atoms with E-state index in [0.717, 1.165) is 5.56 Å². The van der Waals surface area contributed by atoms with Crippen molar-refractivity contribution in [1.82, 2.24) is 9.62 Å². The largest absolute Gasteiger partial charge is 0.321 e. The van der Waals surface area contributed by atoms with Gasteiger partial charge in [-0.15, -0.1) is 0 Å². The van der Waals surface area contributed by atoms with E-state index < -0.39 is 22.2 Å². The van der Waals surface area contributed by atoms with E-state index in [4.69, 9.17) is 11.6 Å². The summed E-state index contributed by atoms with van der Waals surface area (Å²) in [6.45, 7) is 2.32. The molecule has 1 atom stereocenters. The first-order valence-corrected chi connectivity index (χ1v) is 10.1. The maximum Gasteiger partial charge on any atom is 0.320 e. The maximum absolute atomic E-state index is 12.8. The van der Waals surface area contributed by atoms with Crippen LogP contribution < -0.4 is 10.6 Å². The summed E-state index contributed by atoms with van der Waals surface area (Å²) in [5.41, 5.74) is 1.74. The van der Waals surface area contributed by atoms with Gasteiger partial charge in [0.15, 0.2) is 0 Å². The summed E-state index contributed by atoms with van der Waals surface area (Å²) in [6, 6.07) is 13.0. The number of hydrogen-bond donors (Lipinski definition) is 2. The summed E-state index contributed by atoms with van der Waals surface area (Å²) in [7, 11) is -3.70. The van der Waals surface area contributed by atoms with Crippen LogP contribution in [0.3, 0.4) is 0 Å². The Kier molecular flexibility index (Phi) is 5.50. The lowest BCUT2D eigenvalue weighted by Gasteiger charge is -2.25. The van der Waals surface area contributed by atoms with Crippen molar-refractivity contribution < 1.29 is 13.2 Å². The molecule has 1 aliphatic heterocycles. The van der Waals surface area contributed by atoms with Gasteiger partial charge in [-0.1, -0.05) is 29.3 Å². The highest BCUT2D eigenvalue weighted by Crippen LogP contribution is 2.25. The van der Waals surface area contributed by atoms with Crippen LogP contribution in [-0.2, 0) is 10.0 Å². The SMILES string of the molecule is Cc1ccc(NC(=O)N[C@@H]2CCCN2S(=O)(=O)c2ccc(Cl)cc2)cc1. The first-order valence-electron chi connectivity index (χ1n) is 8.28. The van der Waals surface area contributed by atoms with Gasteiger partial charge in [-0.05, 0) is 56.2 Å². The predicted octanol–water partition coefficient (Wildman–Crippen LogP) is 3.58. The molecule has 0 spiro atoms. The van der Waals surface area contributed by atoms with Crippen molar-refractivity contribution >= 4 is 33.3 Å². The number of carbonyl (C=O) groups excluding carboxylic acids is 1. The third kappa shape index (κ3) is 4.17. The molecule has 2 aromatic carbocycles. The number of sulfonamides is 1. The first kappa shape index (κ1) is 18.7. The summed E-state index contributed by atoms with van der Waals surface area (Å²) in [4.78, 5) is 12.4. The van der Waals surface area contributed by atoms with Crippen LogP contribution in [0.4, 0.5) is 10.5 Å². The van der Waals surface area contributed by atoms with E-state index >= 15 is 0 Å². The number of aryl methyl sites for hydroxylation is 1. The zero-order valence-corrected chi connectivity index (χ0v) is 15.8. The van der Waals surface area contributed by atoms with E-state index in [9.17, 15) is 13.2 Å². The third-order valence-electron chi connectivity index (χ3n) is 4.23. The molecule has 2 aromatic rings. The van der Waals surface area contributed by atoms with Gasteiger partial charge < -0.3 is 10.6 Å². The van der Waals surface area contributed by atoms with Gasteiger partial charge in [0, 0.05) is 17.3 Å². The van der Waals surface area contributed by atoms with Gasteiger partial charge in [0.1, 0.15) is 0 Å². The highest BCUT2D eigenvalue weighted by molar-refractivity contribution is 7.89. The van der Waals surface area contributed by atoms with Gasteiger partial charge in [0.05, 0.1) is 11.1 Å². The normalized spacial score (nSPS) is 17.8. The number of rotatable bonds is 4. The third-order valence-corrected chi connectivity index (χ3v) is 6.41. The number of benzene rings is 2. The number of anilines is 1. The molecule has 1 saturated heterocycles. The number of nitrogens with one attached hydrogen (secondary N) is 2. The fourth-order valence-electron chi connectivity index (χ4n) is 2.87. The molecule has 0 bridgehead atoms. The Morgan fingerprint density at radius 1 is 1.12 bits per heavy atom. The molecule has 1 aliphatic rings. The van der Waals surface area contributed by atoms with Crippen LogP contribution in [0.15, 0.2) is 53.4 Å². The molecule has 1 fully saturated rings. The minimum absolute atomic E-state index is 0.162. The average molecular weight is 394 g/mol. The van der Waals surface area contributed by atoms with Gasteiger partial charge in [-0.25, -0.2) is 13.2 Å². The van der Waals surface area contributed by atoms with Gasteiger partial charge in [-0.2, -0.15) is 4.31 Å². The van der Waals surface area contributed by atoms with E-state index in [-0.39, 0.29) is 4.90 Å². The van der Waals surface area contributed by atoms with Gasteiger partial charge in [-0.3, -0.25) is 0 Å². The Balaban J connectivity index is 1.70. The van der Waals surface area contributed by atoms with Gasteiger partial charge in [0.2, 0.25) is 10.0 Å². The molecule has 2 amide bonds. The summed E-state index contributed by atoms with van der Waals surface area (Å²) in [6.07, 6.45) is 0.664. The van der Waals surface area contributed by atoms with E-state index in [0.29, 0.717) is 30.1 Å². The van der Waals surface area contributed by atoms with Gasteiger partial charge in [0.25, 0.3) is 0 Å². The average Bonchev–Trinajstić information content (AvgIpc) is 3.06. The van der Waals surface area contributed by atoms with E-state index in [2.05, 4.69) is 10.6 Å². The molecule has 0 saturated carbocycles. The van der Waals surface area contributed by atoms with Crippen molar-refractivity contribution in [3.05, 3.63) is 59.1 Å². The summed E-state index contributed by atoms with van der Waals surface area (Å²) >= 11 is 5.83. The second-order valence-electron chi connectivity index (χ2n) is 6.19. The minimum Gasteiger partial charge on any atom is -0.321 e. The number of nitrogens with zero attached hydrogens (tertiary/aromatic N) is 1. The Morgan fingerprint density at radius 3 is 2.42 bits per heavy atom. The number of carbonyl (C=O) groups is 1. The standard InChI is InChI=1S/C18H20ClN3O3S/c1-13-4-8-15(9-5-13)20-18(23)21-17-3-2-12-22(17)26(24,25)16-10-6-14(19)7-11-16/h4-11,17H,2-3,12H2,1H3,(H2,20,21,23)/t17-/m0/s1. The molecule has 0 aliphatic carbocycles. The molecule has 0 radical (unpaired) electrons. The van der Waals surface area contributed by atoms with Crippen molar-refractivity contribution in [3.8, 4) is 0 Å². The number of hydrogen-bond acceptors (Lipinski definition) is 3. The quantitative estimate of drug-likeness (QED) is 0.833. The number of halogens is 1. The first-order chi connectivity index (χ1) is 12.4. The van der Waals surface area contributed by atoms with E-state index in [1.165, 1.54) is 28.6 Å². The molecule has 26 heavy (non-hydrogen) atoms. The number of urea groups is 1. The summed E-state index contributed by atoms with van der Waals surface area (Å²) < 4.78 is 27.0. The topological polar surface area (TPSA) is 78.5 Å². The Hall–Kier alpha value is -2.09. The van der Waals surface area contributed by atoms with Crippen LogP contribution in [0.1, 0.15) is 18.4 Å².